The molecule has 0 aliphatic carbocycles. The number of nitrogens with zero attached hydrogens (tertiary/aromatic N) is 1. The van der Waals surface area contributed by atoms with Gasteiger partial charge in [-0.2, -0.15) is 0 Å². The molecule has 1 saturated heterocycles. The van der Waals surface area contributed by atoms with E-state index in [1.807, 2.05) is 6.07 Å². The molecule has 0 radical (unpaired) electrons. The van der Waals surface area contributed by atoms with Gasteiger partial charge in [0.2, 0.25) is 0 Å². The molecule has 1 aromatic heterocycles. The summed E-state index contributed by atoms with van der Waals surface area (Å²) < 4.78 is 0.834. The van der Waals surface area contributed by atoms with Gasteiger partial charge in [-0.05, 0) is 53.8 Å². The number of hydrogen-bond donors (Lipinski definition) is 2. The van der Waals surface area contributed by atoms with Crippen molar-refractivity contribution in [1.82, 2.24) is 10.3 Å². The third kappa shape index (κ3) is 3.34. The van der Waals surface area contributed by atoms with E-state index in [1.165, 1.54) is 12.8 Å². The molecule has 16 heavy (non-hydrogen) atoms. The van der Waals surface area contributed by atoms with Gasteiger partial charge in [0.25, 0.3) is 0 Å². The number of pyridine rings is 1. The van der Waals surface area contributed by atoms with Crippen molar-refractivity contribution < 1.29 is 0 Å². The summed E-state index contributed by atoms with van der Waals surface area (Å²) in [5.41, 5.74) is 1.02. The first-order valence-corrected chi connectivity index (χ1v) is 6.68. The first-order chi connectivity index (χ1) is 7.75. The van der Waals surface area contributed by atoms with Crippen LogP contribution in [0.25, 0.3) is 0 Å². The van der Waals surface area contributed by atoms with Crippen LogP contribution in [0.1, 0.15) is 12.8 Å². The summed E-state index contributed by atoms with van der Waals surface area (Å²) in [6.45, 7) is 3.25. The fourth-order valence-corrected chi connectivity index (χ4v) is 2.33. The molecular weight excluding hydrogens is 289 g/mol. The SMILES string of the molecule is Clc1ncc(NCC2CCCNC2)cc1Br. The topological polar surface area (TPSA) is 37.0 Å². The number of rotatable bonds is 3. The molecule has 1 aliphatic rings. The number of aromatic nitrogens is 1. The summed E-state index contributed by atoms with van der Waals surface area (Å²) in [5.74, 6) is 0.711. The number of nitrogens with one attached hydrogen (secondary N) is 2. The van der Waals surface area contributed by atoms with Crippen LogP contribution < -0.4 is 10.6 Å². The monoisotopic (exact) mass is 303 g/mol. The van der Waals surface area contributed by atoms with Gasteiger partial charge in [-0.1, -0.05) is 11.6 Å². The van der Waals surface area contributed by atoms with Crippen molar-refractivity contribution in [2.24, 2.45) is 5.92 Å². The van der Waals surface area contributed by atoms with E-state index in [1.54, 1.807) is 6.20 Å². The maximum absolute atomic E-state index is 5.83. The highest BCUT2D eigenvalue weighted by molar-refractivity contribution is 9.10. The summed E-state index contributed by atoms with van der Waals surface area (Å²) in [6.07, 6.45) is 4.33. The Balaban J connectivity index is 1.86. The summed E-state index contributed by atoms with van der Waals surface area (Å²) in [7, 11) is 0. The molecule has 88 valence electrons. The highest BCUT2D eigenvalue weighted by atomic mass is 79.9. The molecule has 0 saturated carbocycles. The second-order valence-electron chi connectivity index (χ2n) is 4.09. The predicted molar refractivity (Wildman–Crippen MR) is 71.0 cm³/mol. The van der Waals surface area contributed by atoms with Crippen molar-refractivity contribution in [3.8, 4) is 0 Å². The Hall–Kier alpha value is -0.320. The van der Waals surface area contributed by atoms with Gasteiger partial charge in [-0.15, -0.1) is 0 Å². The molecule has 1 aromatic rings. The van der Waals surface area contributed by atoms with Crippen molar-refractivity contribution in [2.75, 3.05) is 25.0 Å². The second-order valence-corrected chi connectivity index (χ2v) is 5.30. The van der Waals surface area contributed by atoms with Crippen molar-refractivity contribution in [1.29, 1.82) is 0 Å². The number of hydrogen-bond acceptors (Lipinski definition) is 3. The van der Waals surface area contributed by atoms with Crippen LogP contribution in [-0.2, 0) is 0 Å². The quantitative estimate of drug-likeness (QED) is 0.843. The van der Waals surface area contributed by atoms with E-state index in [9.17, 15) is 0 Å². The summed E-state index contributed by atoms with van der Waals surface area (Å²) in [5, 5.41) is 7.30. The molecule has 2 heterocycles. The van der Waals surface area contributed by atoms with Crippen LogP contribution in [0, 0.1) is 5.92 Å². The molecular formula is C11H15BrClN3. The smallest absolute Gasteiger partial charge is 0.143 e. The maximum Gasteiger partial charge on any atom is 0.143 e. The zero-order chi connectivity index (χ0) is 11.4. The Morgan fingerprint density at radius 1 is 1.62 bits per heavy atom. The minimum Gasteiger partial charge on any atom is -0.383 e. The fourth-order valence-electron chi connectivity index (χ4n) is 1.88. The molecule has 1 fully saturated rings. The van der Waals surface area contributed by atoms with Crippen LogP contribution in [-0.4, -0.2) is 24.6 Å². The zero-order valence-corrected chi connectivity index (χ0v) is 11.3. The van der Waals surface area contributed by atoms with E-state index in [0.717, 1.165) is 29.8 Å². The molecule has 5 heteroatoms. The van der Waals surface area contributed by atoms with Crippen LogP contribution in [0.5, 0.6) is 0 Å². The maximum atomic E-state index is 5.83. The predicted octanol–water partition coefficient (Wildman–Crippen LogP) is 2.91. The lowest BCUT2D eigenvalue weighted by Gasteiger charge is -2.23. The van der Waals surface area contributed by atoms with E-state index in [2.05, 4.69) is 31.5 Å². The van der Waals surface area contributed by atoms with Gasteiger partial charge in [0.15, 0.2) is 0 Å². The van der Waals surface area contributed by atoms with Gasteiger partial charge in [-0.3, -0.25) is 0 Å². The highest BCUT2D eigenvalue weighted by Gasteiger charge is 2.12. The molecule has 0 aromatic carbocycles. The van der Waals surface area contributed by atoms with Gasteiger partial charge in [0.05, 0.1) is 16.4 Å². The van der Waals surface area contributed by atoms with Crippen LogP contribution in [0.15, 0.2) is 16.7 Å². The largest absolute Gasteiger partial charge is 0.383 e. The van der Waals surface area contributed by atoms with E-state index in [4.69, 9.17) is 11.6 Å². The lowest BCUT2D eigenvalue weighted by Crippen LogP contribution is -2.33. The fraction of sp³-hybridized carbons (Fsp3) is 0.545. The molecule has 2 rings (SSSR count). The highest BCUT2D eigenvalue weighted by Crippen LogP contribution is 2.23. The van der Waals surface area contributed by atoms with Crippen molar-refractivity contribution in [3.05, 3.63) is 21.9 Å². The first-order valence-electron chi connectivity index (χ1n) is 5.51. The Bertz CT molecular complexity index is 353. The molecule has 0 amide bonds. The average molecular weight is 305 g/mol. The van der Waals surface area contributed by atoms with Crippen molar-refractivity contribution >= 4 is 33.2 Å². The van der Waals surface area contributed by atoms with Crippen molar-refractivity contribution in [2.45, 2.75) is 12.8 Å². The van der Waals surface area contributed by atoms with Crippen LogP contribution in [0.4, 0.5) is 5.69 Å². The lowest BCUT2D eigenvalue weighted by molar-refractivity contribution is 0.393. The molecule has 1 unspecified atom stereocenters. The molecule has 0 bridgehead atoms. The van der Waals surface area contributed by atoms with E-state index < -0.39 is 0 Å². The molecule has 2 N–H and O–H groups in total. The van der Waals surface area contributed by atoms with Gasteiger partial charge in [0, 0.05) is 6.54 Å². The number of anilines is 1. The Morgan fingerprint density at radius 3 is 3.19 bits per heavy atom. The van der Waals surface area contributed by atoms with Gasteiger partial charge >= 0.3 is 0 Å². The van der Waals surface area contributed by atoms with E-state index in [-0.39, 0.29) is 0 Å². The molecule has 1 aliphatic heterocycles. The van der Waals surface area contributed by atoms with Gasteiger partial charge in [0.1, 0.15) is 5.15 Å². The molecule has 0 spiro atoms. The average Bonchev–Trinajstić information content (AvgIpc) is 2.32. The Morgan fingerprint density at radius 2 is 2.50 bits per heavy atom. The summed E-state index contributed by atoms with van der Waals surface area (Å²) in [6, 6.07) is 1.96. The van der Waals surface area contributed by atoms with Crippen LogP contribution >= 0.6 is 27.5 Å². The normalized spacial score (nSPS) is 20.8. The van der Waals surface area contributed by atoms with Crippen molar-refractivity contribution in [3.63, 3.8) is 0 Å². The third-order valence-electron chi connectivity index (χ3n) is 2.79. The first kappa shape index (κ1) is 12.1. The van der Waals surface area contributed by atoms with Crippen LogP contribution in [0.2, 0.25) is 5.15 Å². The van der Waals surface area contributed by atoms with E-state index >= 15 is 0 Å². The summed E-state index contributed by atoms with van der Waals surface area (Å²) in [4.78, 5) is 4.08. The Kier molecular flexibility index (Phi) is 4.44. The van der Waals surface area contributed by atoms with Gasteiger partial charge in [-0.25, -0.2) is 4.98 Å². The minimum absolute atomic E-state index is 0.505. The molecule has 3 nitrogen and oxygen atoms in total. The zero-order valence-electron chi connectivity index (χ0n) is 8.97. The number of piperidine rings is 1. The Labute approximate surface area is 109 Å². The van der Waals surface area contributed by atoms with Gasteiger partial charge < -0.3 is 10.6 Å². The standard InChI is InChI=1S/C11H15BrClN3/c12-10-4-9(7-16-11(10)13)15-6-8-2-1-3-14-5-8/h4,7-8,14-15H,1-3,5-6H2. The number of halogens is 2. The van der Waals surface area contributed by atoms with Crippen LogP contribution in [0.3, 0.4) is 0 Å². The summed E-state index contributed by atoms with van der Waals surface area (Å²) >= 11 is 9.20. The lowest BCUT2D eigenvalue weighted by atomic mass is 10.00. The molecule has 1 atom stereocenters. The minimum atomic E-state index is 0.505. The second kappa shape index (κ2) is 5.84. The third-order valence-corrected chi connectivity index (χ3v) is 3.92. The van der Waals surface area contributed by atoms with E-state index in [0.29, 0.717) is 11.1 Å².